The lowest BCUT2D eigenvalue weighted by Crippen LogP contribution is -2.30. The van der Waals surface area contributed by atoms with Gasteiger partial charge in [-0.1, -0.05) is 293 Å². The number of ether oxygens (including phenoxy) is 4. The predicted molar refractivity (Wildman–Crippen MR) is 358 cm³/mol. The van der Waals surface area contributed by atoms with Crippen LogP contribution in [0.3, 0.4) is 0 Å². The number of carbonyl (C=O) groups is 4. The van der Waals surface area contributed by atoms with Crippen molar-refractivity contribution in [2.75, 3.05) is 39.6 Å². The highest BCUT2D eigenvalue weighted by molar-refractivity contribution is 7.47. The summed E-state index contributed by atoms with van der Waals surface area (Å²) in [5, 5.41) is 10.6. The Morgan fingerprint density at radius 3 is 0.798 bits per heavy atom. The maximum atomic E-state index is 13.0. The van der Waals surface area contributed by atoms with Crippen molar-refractivity contribution in [3.63, 3.8) is 0 Å². The summed E-state index contributed by atoms with van der Waals surface area (Å²) in [5.74, 6) is 0.825. The highest BCUT2D eigenvalue weighted by atomic mass is 31.2. The van der Waals surface area contributed by atoms with E-state index in [1.807, 2.05) is 0 Å². The van der Waals surface area contributed by atoms with Crippen LogP contribution in [0, 0.1) is 23.7 Å². The van der Waals surface area contributed by atoms with Crippen molar-refractivity contribution in [1.82, 2.24) is 0 Å². The van der Waals surface area contributed by atoms with E-state index in [2.05, 4.69) is 55.4 Å². The number of hydrogen-bond donors (Lipinski definition) is 3. The van der Waals surface area contributed by atoms with E-state index < -0.39 is 97.5 Å². The van der Waals surface area contributed by atoms with Crippen LogP contribution in [0.1, 0.15) is 344 Å². The van der Waals surface area contributed by atoms with Crippen molar-refractivity contribution in [2.24, 2.45) is 23.7 Å². The largest absolute Gasteiger partial charge is 0.472 e. The first kappa shape index (κ1) is 87.1. The van der Waals surface area contributed by atoms with Gasteiger partial charge in [0.15, 0.2) is 12.2 Å². The minimum atomic E-state index is -4.95. The molecule has 89 heavy (non-hydrogen) atoms. The van der Waals surface area contributed by atoms with E-state index in [1.54, 1.807) is 0 Å². The molecule has 17 nitrogen and oxygen atoms in total. The van der Waals surface area contributed by atoms with E-state index in [0.717, 1.165) is 114 Å². The fourth-order valence-electron chi connectivity index (χ4n) is 10.5. The van der Waals surface area contributed by atoms with Crippen molar-refractivity contribution in [3.05, 3.63) is 0 Å². The SMILES string of the molecule is CCC(C)CCCCCCCCC(=O)OC[C@H](COP(=O)(O)OC[C@H](O)COP(=O)(O)OC[C@@H](COC(=O)CCCCCCCCCCCCCCC(C)C)OC(=O)CCCCCCCCC(C)C)OC(=O)CCCCCCCCCCCCCCC(C)C. The minimum absolute atomic E-state index is 0.102. The molecule has 0 aromatic rings. The van der Waals surface area contributed by atoms with E-state index in [0.29, 0.717) is 31.6 Å². The summed E-state index contributed by atoms with van der Waals surface area (Å²) in [6.45, 7) is 14.0. The van der Waals surface area contributed by atoms with Gasteiger partial charge < -0.3 is 33.8 Å². The van der Waals surface area contributed by atoms with Crippen molar-refractivity contribution in [2.45, 2.75) is 363 Å². The summed E-state index contributed by atoms with van der Waals surface area (Å²) in [5.41, 5.74) is 0. The average Bonchev–Trinajstić information content (AvgIpc) is 3.48. The van der Waals surface area contributed by atoms with Gasteiger partial charge in [0.1, 0.15) is 19.3 Å². The van der Waals surface area contributed by atoms with Crippen molar-refractivity contribution >= 4 is 39.5 Å². The van der Waals surface area contributed by atoms with E-state index in [1.165, 1.54) is 141 Å². The molecule has 0 aliphatic rings. The van der Waals surface area contributed by atoms with Gasteiger partial charge >= 0.3 is 39.5 Å². The van der Waals surface area contributed by atoms with Gasteiger partial charge in [-0.2, -0.15) is 0 Å². The molecule has 0 aromatic heterocycles. The first-order chi connectivity index (χ1) is 42.6. The molecular weight excluding hydrogens is 1170 g/mol. The van der Waals surface area contributed by atoms with Crippen LogP contribution in [0.25, 0.3) is 0 Å². The van der Waals surface area contributed by atoms with E-state index >= 15 is 0 Å². The summed E-state index contributed by atoms with van der Waals surface area (Å²) in [6, 6.07) is 0. The zero-order chi connectivity index (χ0) is 66.1. The van der Waals surface area contributed by atoms with Gasteiger partial charge in [0.05, 0.1) is 26.4 Å². The normalized spacial score (nSPS) is 14.6. The smallest absolute Gasteiger partial charge is 0.462 e. The molecule has 0 radical (unpaired) electrons. The molecule has 0 bridgehead atoms. The van der Waals surface area contributed by atoms with Gasteiger partial charge in [-0.3, -0.25) is 37.3 Å². The number of phosphoric ester groups is 2. The zero-order valence-corrected chi connectivity index (χ0v) is 59.8. The lowest BCUT2D eigenvalue weighted by Gasteiger charge is -2.21. The molecule has 19 heteroatoms. The standard InChI is InChI=1S/C70H136O17P2/c1-9-63(8)49-41-33-27-29-35-43-51-68(73)81-57-65(86-69(74)52-44-36-25-21-17-13-11-15-19-23-31-39-47-61(4)5)58-84-88(76,77)82-54-64(71)55-83-89(78,79)85-59-66(87-70(75)53-45-37-28-26-32-40-48-62(6)7)56-80-67(72)50-42-34-24-20-16-12-10-14-18-22-30-38-46-60(2)3/h60-66,71H,9-59H2,1-8H3,(H,76,77)(H,78,79)/t63?,64-,65+,66+/m0/s1. The monoisotopic (exact) mass is 1310 g/mol. The molecule has 0 amide bonds. The molecule has 0 fully saturated rings. The molecule has 0 saturated heterocycles. The first-order valence-corrected chi connectivity index (χ1v) is 39.2. The number of hydrogen-bond acceptors (Lipinski definition) is 15. The number of aliphatic hydroxyl groups is 1. The Balaban J connectivity index is 5.21. The van der Waals surface area contributed by atoms with Crippen LogP contribution in [0.2, 0.25) is 0 Å². The summed E-state index contributed by atoms with van der Waals surface area (Å²) in [7, 11) is -9.90. The summed E-state index contributed by atoms with van der Waals surface area (Å²) < 4.78 is 68.2. The van der Waals surface area contributed by atoms with Crippen molar-refractivity contribution in [3.8, 4) is 0 Å². The fourth-order valence-corrected chi connectivity index (χ4v) is 12.0. The van der Waals surface area contributed by atoms with Gasteiger partial charge in [0.2, 0.25) is 0 Å². The van der Waals surface area contributed by atoms with Gasteiger partial charge in [0.25, 0.3) is 0 Å². The second-order valence-corrected chi connectivity index (χ2v) is 29.8. The second kappa shape index (κ2) is 59.8. The molecule has 6 atom stereocenters. The van der Waals surface area contributed by atoms with Crippen LogP contribution < -0.4 is 0 Å². The maximum Gasteiger partial charge on any atom is 0.472 e. The third kappa shape index (κ3) is 63.2. The third-order valence-corrected chi connectivity index (χ3v) is 18.3. The van der Waals surface area contributed by atoms with Crippen LogP contribution in [0.5, 0.6) is 0 Å². The second-order valence-electron chi connectivity index (χ2n) is 26.9. The molecule has 0 aliphatic heterocycles. The Hall–Kier alpha value is -1.94. The van der Waals surface area contributed by atoms with E-state index in [-0.39, 0.29) is 25.7 Å². The van der Waals surface area contributed by atoms with Crippen LogP contribution in [0.4, 0.5) is 0 Å². The van der Waals surface area contributed by atoms with Crippen LogP contribution in [-0.4, -0.2) is 96.7 Å². The molecule has 0 saturated carbocycles. The Morgan fingerprint density at radius 1 is 0.315 bits per heavy atom. The Kier molecular flexibility index (Phi) is 58.5. The average molecular weight is 1310 g/mol. The van der Waals surface area contributed by atoms with Crippen LogP contribution >= 0.6 is 15.6 Å². The summed E-state index contributed by atoms with van der Waals surface area (Å²) >= 11 is 0. The number of unbranched alkanes of at least 4 members (excludes halogenated alkanes) is 32. The molecule has 0 aliphatic carbocycles. The molecular formula is C70H136O17P2. The van der Waals surface area contributed by atoms with Gasteiger partial charge in [0, 0.05) is 25.7 Å². The van der Waals surface area contributed by atoms with Gasteiger partial charge in [-0.15, -0.1) is 0 Å². The Bertz CT molecular complexity index is 1770. The highest BCUT2D eigenvalue weighted by Crippen LogP contribution is 2.45. The predicted octanol–water partition coefficient (Wildman–Crippen LogP) is 19.7. The van der Waals surface area contributed by atoms with Crippen LogP contribution in [0.15, 0.2) is 0 Å². The fraction of sp³-hybridized carbons (Fsp3) is 0.943. The summed E-state index contributed by atoms with van der Waals surface area (Å²) in [4.78, 5) is 72.5. The number of rotatable bonds is 67. The molecule has 0 heterocycles. The highest BCUT2D eigenvalue weighted by Gasteiger charge is 2.30. The van der Waals surface area contributed by atoms with Crippen molar-refractivity contribution in [1.29, 1.82) is 0 Å². The lowest BCUT2D eigenvalue weighted by atomic mass is 10.00. The van der Waals surface area contributed by atoms with E-state index in [9.17, 15) is 43.2 Å². The van der Waals surface area contributed by atoms with Crippen molar-refractivity contribution < 1.29 is 80.2 Å². The molecule has 0 spiro atoms. The Morgan fingerprint density at radius 2 is 0.539 bits per heavy atom. The third-order valence-electron chi connectivity index (χ3n) is 16.4. The summed E-state index contributed by atoms with van der Waals surface area (Å²) in [6.07, 6.45) is 41.9. The minimum Gasteiger partial charge on any atom is -0.462 e. The topological polar surface area (TPSA) is 237 Å². The zero-order valence-electron chi connectivity index (χ0n) is 58.1. The first-order valence-electron chi connectivity index (χ1n) is 36.2. The molecule has 528 valence electrons. The number of phosphoric acid groups is 2. The molecule has 0 aromatic carbocycles. The molecule has 3 unspecified atom stereocenters. The quantitative estimate of drug-likeness (QED) is 0.0222. The number of aliphatic hydroxyl groups excluding tert-OH is 1. The Labute approximate surface area is 543 Å². The molecule has 0 rings (SSSR count). The van der Waals surface area contributed by atoms with Gasteiger partial charge in [-0.05, 0) is 49.4 Å². The van der Waals surface area contributed by atoms with Crippen LogP contribution in [-0.2, 0) is 65.4 Å². The van der Waals surface area contributed by atoms with E-state index in [4.69, 9.17) is 37.0 Å². The number of esters is 4. The number of carbonyl (C=O) groups excluding carboxylic acids is 4. The molecule has 3 N–H and O–H groups in total. The maximum absolute atomic E-state index is 13.0. The van der Waals surface area contributed by atoms with Gasteiger partial charge in [-0.25, -0.2) is 9.13 Å². The lowest BCUT2D eigenvalue weighted by molar-refractivity contribution is -0.161.